The van der Waals surface area contributed by atoms with E-state index in [0.717, 1.165) is 18.4 Å². The number of unbranched alkanes of at least 4 members (excludes halogenated alkanes) is 13. The maximum atomic E-state index is 11.7. The van der Waals surface area contributed by atoms with E-state index in [4.69, 9.17) is 4.74 Å². The Balaban J connectivity index is 1.78. The number of hydrogen-bond donors (Lipinski definition) is 0. The van der Waals surface area contributed by atoms with Crippen molar-refractivity contribution >= 4 is 5.97 Å². The zero-order valence-electron chi connectivity index (χ0n) is 16.9. The van der Waals surface area contributed by atoms with Gasteiger partial charge in [-0.3, -0.25) is 9.78 Å². The van der Waals surface area contributed by atoms with Gasteiger partial charge >= 0.3 is 5.97 Å². The van der Waals surface area contributed by atoms with Gasteiger partial charge in [-0.25, -0.2) is 0 Å². The Bertz CT molecular complexity index is 433. The Kier molecular flexibility index (Phi) is 14.9. The van der Waals surface area contributed by atoms with Gasteiger partial charge in [-0.1, -0.05) is 96.5 Å². The Morgan fingerprint density at radius 1 is 0.846 bits per heavy atom. The molecule has 3 heteroatoms. The molecule has 0 aliphatic carbocycles. The zero-order chi connectivity index (χ0) is 18.7. The lowest BCUT2D eigenvalue weighted by Crippen LogP contribution is -2.04. The normalized spacial score (nSPS) is 10.8. The molecule has 148 valence electrons. The molecule has 0 fully saturated rings. The van der Waals surface area contributed by atoms with Gasteiger partial charge in [-0.2, -0.15) is 0 Å². The van der Waals surface area contributed by atoms with Gasteiger partial charge in [0.2, 0.25) is 0 Å². The summed E-state index contributed by atoms with van der Waals surface area (Å²) in [5.74, 6) is -0.0900. The molecule has 0 radical (unpaired) electrons. The maximum Gasteiger partial charge on any atom is 0.306 e. The maximum absolute atomic E-state index is 11.7. The number of ether oxygens (including phenoxy) is 1. The van der Waals surface area contributed by atoms with Crippen LogP contribution in [-0.4, -0.2) is 11.0 Å². The van der Waals surface area contributed by atoms with Gasteiger partial charge in [0, 0.05) is 24.4 Å². The number of nitrogens with zero attached hydrogens (tertiary/aromatic N) is 1. The fourth-order valence-corrected chi connectivity index (χ4v) is 3.18. The van der Waals surface area contributed by atoms with E-state index in [1.165, 1.54) is 77.0 Å². The number of hydrogen-bond acceptors (Lipinski definition) is 3. The summed E-state index contributed by atoms with van der Waals surface area (Å²) >= 11 is 0. The highest BCUT2D eigenvalue weighted by molar-refractivity contribution is 5.69. The molecule has 0 spiro atoms. The van der Waals surface area contributed by atoms with E-state index >= 15 is 0 Å². The molecule has 0 aliphatic heterocycles. The largest absolute Gasteiger partial charge is 0.461 e. The van der Waals surface area contributed by atoms with Crippen molar-refractivity contribution in [2.75, 3.05) is 0 Å². The molecule has 1 heterocycles. The molecule has 0 amide bonds. The van der Waals surface area contributed by atoms with E-state index in [9.17, 15) is 4.79 Å². The van der Waals surface area contributed by atoms with E-state index in [1.807, 2.05) is 12.1 Å². The van der Waals surface area contributed by atoms with Crippen LogP contribution in [0, 0.1) is 0 Å². The molecule has 0 atom stereocenters. The zero-order valence-corrected chi connectivity index (χ0v) is 16.9. The third-order valence-electron chi connectivity index (χ3n) is 4.86. The quantitative estimate of drug-likeness (QED) is 0.221. The Morgan fingerprint density at radius 3 is 1.88 bits per heavy atom. The average molecular weight is 362 g/mol. The molecular weight excluding hydrogens is 322 g/mol. The van der Waals surface area contributed by atoms with Crippen molar-refractivity contribution in [1.82, 2.24) is 4.98 Å². The van der Waals surface area contributed by atoms with Crippen molar-refractivity contribution in [2.24, 2.45) is 0 Å². The van der Waals surface area contributed by atoms with Gasteiger partial charge in [0.05, 0.1) is 0 Å². The van der Waals surface area contributed by atoms with Crippen molar-refractivity contribution in [2.45, 2.75) is 110 Å². The predicted octanol–water partition coefficient (Wildman–Crippen LogP) is 7.00. The number of rotatable bonds is 17. The number of carbonyl (C=O) groups is 1. The summed E-state index contributed by atoms with van der Waals surface area (Å²) in [5.41, 5.74) is 0.946. The molecular formula is C23H39NO2. The van der Waals surface area contributed by atoms with Gasteiger partial charge in [0.15, 0.2) is 0 Å². The summed E-state index contributed by atoms with van der Waals surface area (Å²) in [6.45, 7) is 2.61. The first-order valence-electron chi connectivity index (χ1n) is 10.9. The Morgan fingerprint density at radius 2 is 1.38 bits per heavy atom. The van der Waals surface area contributed by atoms with Gasteiger partial charge in [0.25, 0.3) is 0 Å². The second kappa shape index (κ2) is 17.1. The summed E-state index contributed by atoms with van der Waals surface area (Å²) < 4.78 is 5.26. The minimum Gasteiger partial charge on any atom is -0.461 e. The number of carbonyl (C=O) groups excluding carboxylic acids is 1. The predicted molar refractivity (Wildman–Crippen MR) is 109 cm³/mol. The second-order valence-electron chi connectivity index (χ2n) is 7.37. The molecule has 0 saturated heterocycles. The summed E-state index contributed by atoms with van der Waals surface area (Å²) in [4.78, 5) is 15.7. The number of aromatic nitrogens is 1. The molecule has 0 saturated carbocycles. The highest BCUT2D eigenvalue weighted by atomic mass is 16.5. The molecule has 3 nitrogen and oxygen atoms in total. The minimum atomic E-state index is -0.0900. The summed E-state index contributed by atoms with van der Waals surface area (Å²) in [7, 11) is 0. The first-order valence-corrected chi connectivity index (χ1v) is 10.9. The van der Waals surface area contributed by atoms with Gasteiger partial charge in [-0.05, 0) is 12.5 Å². The van der Waals surface area contributed by atoms with Gasteiger partial charge in [0.1, 0.15) is 6.61 Å². The SMILES string of the molecule is CCCCCCCCCCCCCCCCC(=O)OCc1cccnc1. The summed E-state index contributed by atoms with van der Waals surface area (Å²) in [6, 6.07) is 3.78. The molecule has 0 aromatic carbocycles. The van der Waals surface area contributed by atoms with Crippen molar-refractivity contribution < 1.29 is 9.53 Å². The van der Waals surface area contributed by atoms with E-state index in [-0.39, 0.29) is 5.97 Å². The van der Waals surface area contributed by atoms with Crippen LogP contribution < -0.4 is 0 Å². The summed E-state index contributed by atoms with van der Waals surface area (Å²) in [6.07, 6.45) is 22.6. The van der Waals surface area contributed by atoms with E-state index in [1.54, 1.807) is 12.4 Å². The molecule has 0 unspecified atom stereocenters. The van der Waals surface area contributed by atoms with Crippen LogP contribution >= 0.6 is 0 Å². The molecule has 1 rings (SSSR count). The highest BCUT2D eigenvalue weighted by Gasteiger charge is 2.03. The second-order valence-corrected chi connectivity index (χ2v) is 7.37. The molecule has 26 heavy (non-hydrogen) atoms. The monoisotopic (exact) mass is 361 g/mol. The Hall–Kier alpha value is -1.38. The first-order chi connectivity index (χ1) is 12.8. The van der Waals surface area contributed by atoms with Crippen LogP contribution in [0.2, 0.25) is 0 Å². The molecule has 1 aromatic rings. The fraction of sp³-hybridized carbons (Fsp3) is 0.739. The minimum absolute atomic E-state index is 0.0900. The number of pyridine rings is 1. The van der Waals surface area contributed by atoms with Crippen LogP contribution in [0.3, 0.4) is 0 Å². The first kappa shape index (κ1) is 22.7. The number of esters is 1. The average Bonchev–Trinajstić information content (AvgIpc) is 2.67. The lowest BCUT2D eigenvalue weighted by atomic mass is 10.0. The third-order valence-corrected chi connectivity index (χ3v) is 4.86. The van der Waals surface area contributed by atoms with Crippen molar-refractivity contribution in [3.8, 4) is 0 Å². The Labute approximate surface area is 160 Å². The van der Waals surface area contributed by atoms with Crippen molar-refractivity contribution in [1.29, 1.82) is 0 Å². The van der Waals surface area contributed by atoms with Gasteiger partial charge in [-0.15, -0.1) is 0 Å². The van der Waals surface area contributed by atoms with Crippen LogP contribution in [0.15, 0.2) is 24.5 Å². The van der Waals surface area contributed by atoms with Crippen LogP contribution in [0.1, 0.15) is 109 Å². The fourth-order valence-electron chi connectivity index (χ4n) is 3.18. The van der Waals surface area contributed by atoms with Crippen LogP contribution in [0.4, 0.5) is 0 Å². The van der Waals surface area contributed by atoms with Gasteiger partial charge < -0.3 is 4.74 Å². The molecule has 0 bridgehead atoms. The standard InChI is InChI=1S/C23H39NO2/c1-2-3-4-5-6-7-8-9-10-11-12-13-14-15-18-23(25)26-21-22-17-16-19-24-20-22/h16-17,19-20H,2-15,18,21H2,1H3. The van der Waals surface area contributed by atoms with E-state index in [2.05, 4.69) is 11.9 Å². The summed E-state index contributed by atoms with van der Waals surface area (Å²) in [5, 5.41) is 0. The van der Waals surface area contributed by atoms with E-state index in [0.29, 0.717) is 13.0 Å². The molecule has 0 N–H and O–H groups in total. The van der Waals surface area contributed by atoms with Crippen molar-refractivity contribution in [3.63, 3.8) is 0 Å². The van der Waals surface area contributed by atoms with Crippen LogP contribution in [0.25, 0.3) is 0 Å². The smallest absolute Gasteiger partial charge is 0.306 e. The van der Waals surface area contributed by atoms with Crippen LogP contribution in [-0.2, 0) is 16.1 Å². The van der Waals surface area contributed by atoms with E-state index < -0.39 is 0 Å². The van der Waals surface area contributed by atoms with Crippen LogP contribution in [0.5, 0.6) is 0 Å². The molecule has 1 aromatic heterocycles. The van der Waals surface area contributed by atoms with Crippen molar-refractivity contribution in [3.05, 3.63) is 30.1 Å². The molecule has 0 aliphatic rings. The topological polar surface area (TPSA) is 39.2 Å². The highest BCUT2D eigenvalue weighted by Crippen LogP contribution is 2.13. The lowest BCUT2D eigenvalue weighted by Gasteiger charge is -2.05. The lowest BCUT2D eigenvalue weighted by molar-refractivity contribution is -0.145. The third kappa shape index (κ3) is 13.9.